The number of hydrogen-bond donors (Lipinski definition) is 2. The Labute approximate surface area is 260 Å². The number of carboxylic acids is 1. The van der Waals surface area contributed by atoms with E-state index in [0.29, 0.717) is 36.0 Å². The number of aromatic hydroxyl groups is 1. The van der Waals surface area contributed by atoms with Crippen LogP contribution in [0, 0.1) is 5.82 Å². The van der Waals surface area contributed by atoms with Crippen LogP contribution in [0.4, 0.5) is 4.39 Å². The van der Waals surface area contributed by atoms with Crippen molar-refractivity contribution >= 4 is 5.97 Å². The highest BCUT2D eigenvalue weighted by atomic mass is 19.1. The second-order valence-corrected chi connectivity index (χ2v) is 9.98. The van der Waals surface area contributed by atoms with E-state index < -0.39 is 5.97 Å². The summed E-state index contributed by atoms with van der Waals surface area (Å²) in [5.41, 5.74) is 3.41. The first kappa shape index (κ1) is 34.0. The van der Waals surface area contributed by atoms with Crippen molar-refractivity contribution in [2.45, 2.75) is 66.2 Å². The molecule has 0 amide bonds. The average molecular weight is 603 g/mol. The number of para-hydroxylation sites is 1. The maximum Gasteiger partial charge on any atom is 0.339 e. The lowest BCUT2D eigenvalue weighted by Gasteiger charge is -2.17. The molecule has 0 spiro atoms. The summed E-state index contributed by atoms with van der Waals surface area (Å²) in [5.74, 6) is 1.03. The summed E-state index contributed by atoms with van der Waals surface area (Å²) in [5, 5.41) is 20.1. The molecule has 44 heavy (non-hydrogen) atoms. The number of benzene rings is 4. The van der Waals surface area contributed by atoms with Gasteiger partial charge in [-0.05, 0) is 85.7 Å². The van der Waals surface area contributed by atoms with Crippen LogP contribution in [-0.4, -0.2) is 29.4 Å². The topological polar surface area (TPSA) is 85.2 Å². The zero-order valence-corrected chi connectivity index (χ0v) is 26.1. The molecule has 0 radical (unpaired) electrons. The molecular weight excluding hydrogens is 559 g/mol. The minimum absolute atomic E-state index is 0.0998. The Morgan fingerprint density at radius 2 is 1.41 bits per heavy atom. The summed E-state index contributed by atoms with van der Waals surface area (Å²) in [4.78, 5) is 11.6. The van der Waals surface area contributed by atoms with E-state index in [1.807, 2.05) is 45.0 Å². The number of ether oxygens (including phenoxy) is 3. The zero-order valence-electron chi connectivity index (χ0n) is 26.1. The number of hydrogen-bond acceptors (Lipinski definition) is 5. The van der Waals surface area contributed by atoms with Gasteiger partial charge in [0.15, 0.2) is 0 Å². The van der Waals surface area contributed by atoms with Crippen LogP contribution in [0.5, 0.6) is 28.7 Å². The number of carboxylic acid groups (broad SMARTS) is 1. The number of aromatic carboxylic acids is 1. The fraction of sp³-hybridized carbons (Fsp3) is 0.324. The highest BCUT2D eigenvalue weighted by Crippen LogP contribution is 2.37. The molecule has 0 aliphatic carbocycles. The molecular formula is C37H43FO6. The van der Waals surface area contributed by atoms with E-state index in [-0.39, 0.29) is 17.1 Å². The molecule has 2 N–H and O–H groups in total. The van der Waals surface area contributed by atoms with E-state index in [1.54, 1.807) is 36.4 Å². The number of unbranched alkanes of at least 4 members (excludes halogenated alkanes) is 2. The molecule has 4 aromatic carbocycles. The molecule has 4 aromatic rings. The van der Waals surface area contributed by atoms with Crippen molar-refractivity contribution in [3.05, 3.63) is 101 Å². The first-order chi connectivity index (χ1) is 21.4. The van der Waals surface area contributed by atoms with Crippen LogP contribution < -0.4 is 14.2 Å². The number of halogens is 1. The van der Waals surface area contributed by atoms with Crippen molar-refractivity contribution in [1.29, 1.82) is 0 Å². The van der Waals surface area contributed by atoms with Gasteiger partial charge in [-0.25, -0.2) is 9.18 Å². The van der Waals surface area contributed by atoms with E-state index in [2.05, 4.69) is 6.92 Å². The van der Waals surface area contributed by atoms with Crippen LogP contribution in [0.15, 0.2) is 78.9 Å². The van der Waals surface area contributed by atoms with Gasteiger partial charge in [0, 0.05) is 17.2 Å². The highest BCUT2D eigenvalue weighted by molar-refractivity contribution is 5.91. The molecule has 0 aliphatic rings. The van der Waals surface area contributed by atoms with Gasteiger partial charge in [0.1, 0.15) is 40.1 Å². The largest absolute Gasteiger partial charge is 0.507 e. The molecule has 0 saturated carbocycles. The fourth-order valence-electron chi connectivity index (χ4n) is 4.75. The van der Waals surface area contributed by atoms with Crippen molar-refractivity contribution in [1.82, 2.24) is 0 Å². The lowest BCUT2D eigenvalue weighted by atomic mass is 10.00. The second kappa shape index (κ2) is 17.6. The Morgan fingerprint density at radius 3 is 2.07 bits per heavy atom. The van der Waals surface area contributed by atoms with Crippen molar-refractivity contribution in [2.75, 3.05) is 13.2 Å². The van der Waals surface area contributed by atoms with Crippen LogP contribution in [0.1, 0.15) is 74.9 Å². The molecule has 234 valence electrons. The van der Waals surface area contributed by atoms with Crippen molar-refractivity contribution in [3.8, 4) is 39.9 Å². The molecule has 0 heterocycles. The molecule has 0 aliphatic heterocycles. The quantitative estimate of drug-likeness (QED) is 0.132. The maximum atomic E-state index is 13.3. The average Bonchev–Trinajstić information content (AvgIpc) is 3.03. The minimum atomic E-state index is -1.04. The van der Waals surface area contributed by atoms with Crippen LogP contribution in [0.2, 0.25) is 0 Å². The molecule has 0 atom stereocenters. The van der Waals surface area contributed by atoms with Crippen LogP contribution in [0.25, 0.3) is 11.1 Å². The van der Waals surface area contributed by atoms with E-state index in [1.165, 1.54) is 18.2 Å². The summed E-state index contributed by atoms with van der Waals surface area (Å²) in [6, 6.07) is 21.8. The number of carbonyl (C=O) groups is 1. The van der Waals surface area contributed by atoms with Crippen LogP contribution in [0.3, 0.4) is 0 Å². The standard InChI is InChI=1S/C35H37FO6.C2H6/c1-3-11-27-31(14-10-15-32(27)42-33-13-7-6-12-28(33)35(38)39)40-20-8-5-9-21-41-34-23-30(37)29(22-24(34)4-2)25-16-18-26(36)19-17-25;1-2/h6-7,10,12-19,22-23,37H,3-5,8-9,11,20-21H2,1-2H3,(H,38,39);1-2H3. The van der Waals surface area contributed by atoms with E-state index in [9.17, 15) is 19.4 Å². The Balaban J connectivity index is 0.00000259. The second-order valence-electron chi connectivity index (χ2n) is 9.98. The molecule has 0 unspecified atom stereocenters. The van der Waals surface area contributed by atoms with E-state index in [0.717, 1.165) is 61.0 Å². The SMILES string of the molecule is CC.CCCc1c(OCCCCCOc2cc(O)c(-c3ccc(F)cc3)cc2CC)cccc1Oc1ccccc1C(=O)O. The van der Waals surface area contributed by atoms with Crippen molar-refractivity contribution in [3.63, 3.8) is 0 Å². The third kappa shape index (κ3) is 9.24. The summed E-state index contributed by atoms with van der Waals surface area (Å²) in [6.07, 6.45) is 4.91. The monoisotopic (exact) mass is 602 g/mol. The summed E-state index contributed by atoms with van der Waals surface area (Å²) in [7, 11) is 0. The van der Waals surface area contributed by atoms with Gasteiger partial charge in [-0.15, -0.1) is 0 Å². The summed E-state index contributed by atoms with van der Waals surface area (Å²) < 4.78 is 31.5. The van der Waals surface area contributed by atoms with Gasteiger partial charge in [-0.3, -0.25) is 0 Å². The van der Waals surface area contributed by atoms with Crippen LogP contribution >= 0.6 is 0 Å². The summed E-state index contributed by atoms with van der Waals surface area (Å²) >= 11 is 0. The lowest BCUT2D eigenvalue weighted by molar-refractivity contribution is 0.0694. The normalized spacial score (nSPS) is 10.5. The van der Waals surface area contributed by atoms with Gasteiger partial charge in [-0.1, -0.05) is 64.4 Å². The molecule has 7 heteroatoms. The molecule has 0 aromatic heterocycles. The van der Waals surface area contributed by atoms with E-state index in [4.69, 9.17) is 14.2 Å². The van der Waals surface area contributed by atoms with Gasteiger partial charge in [-0.2, -0.15) is 0 Å². The molecule has 6 nitrogen and oxygen atoms in total. The number of rotatable bonds is 15. The smallest absolute Gasteiger partial charge is 0.339 e. The van der Waals surface area contributed by atoms with E-state index >= 15 is 0 Å². The van der Waals surface area contributed by atoms with Crippen molar-refractivity contribution < 1.29 is 33.6 Å². The molecule has 4 rings (SSSR count). The zero-order chi connectivity index (χ0) is 31.9. The van der Waals surface area contributed by atoms with Gasteiger partial charge in [0.05, 0.1) is 13.2 Å². The third-order valence-electron chi connectivity index (χ3n) is 6.95. The Kier molecular flexibility index (Phi) is 13.6. The Bertz CT molecular complexity index is 1480. The molecule has 0 bridgehead atoms. The highest BCUT2D eigenvalue weighted by Gasteiger charge is 2.16. The first-order valence-corrected chi connectivity index (χ1v) is 15.4. The van der Waals surface area contributed by atoms with Gasteiger partial charge < -0.3 is 24.4 Å². The first-order valence-electron chi connectivity index (χ1n) is 15.4. The number of aryl methyl sites for hydroxylation is 1. The summed E-state index contributed by atoms with van der Waals surface area (Å²) in [6.45, 7) is 9.14. The van der Waals surface area contributed by atoms with Gasteiger partial charge >= 0.3 is 5.97 Å². The predicted octanol–water partition coefficient (Wildman–Crippen LogP) is 9.86. The number of phenols is 1. The van der Waals surface area contributed by atoms with Crippen molar-refractivity contribution in [2.24, 2.45) is 0 Å². The lowest BCUT2D eigenvalue weighted by Crippen LogP contribution is -2.05. The third-order valence-corrected chi connectivity index (χ3v) is 6.95. The van der Waals surface area contributed by atoms with Crippen LogP contribution in [-0.2, 0) is 12.8 Å². The molecule has 0 fully saturated rings. The van der Waals surface area contributed by atoms with Gasteiger partial charge in [0.25, 0.3) is 0 Å². The predicted molar refractivity (Wildman–Crippen MR) is 173 cm³/mol. The fourth-order valence-corrected chi connectivity index (χ4v) is 4.75. The van der Waals surface area contributed by atoms with Gasteiger partial charge in [0.2, 0.25) is 0 Å². The Morgan fingerprint density at radius 1 is 0.773 bits per heavy atom. The maximum absolute atomic E-state index is 13.3. The minimum Gasteiger partial charge on any atom is -0.507 e. The molecule has 0 saturated heterocycles. The number of phenolic OH excluding ortho intramolecular Hbond substituents is 1. The Hall–Kier alpha value is -4.52.